The monoisotopic (exact) mass is 351 g/mol. The fraction of sp³-hybridized carbons (Fsp3) is 0.312. The largest absolute Gasteiger partial charge is 0.354 e. The summed E-state index contributed by atoms with van der Waals surface area (Å²) in [5.41, 5.74) is 1.20. The highest BCUT2D eigenvalue weighted by atomic mass is 35.5. The van der Waals surface area contributed by atoms with E-state index >= 15 is 0 Å². The quantitative estimate of drug-likeness (QED) is 0.840. The molecule has 7 heteroatoms. The van der Waals surface area contributed by atoms with Crippen LogP contribution >= 0.6 is 22.9 Å². The van der Waals surface area contributed by atoms with Crippen LogP contribution in [-0.4, -0.2) is 29.4 Å². The summed E-state index contributed by atoms with van der Waals surface area (Å²) in [6.07, 6.45) is 0.850. The average molecular weight is 352 g/mol. The Hall–Kier alpha value is -1.92. The van der Waals surface area contributed by atoms with Crippen molar-refractivity contribution in [3.63, 3.8) is 0 Å². The smallest absolute Gasteiger partial charge is 0.271 e. The lowest BCUT2D eigenvalue weighted by Crippen LogP contribution is -2.45. The van der Waals surface area contributed by atoms with Crippen LogP contribution in [0.25, 0.3) is 10.6 Å². The molecule has 2 aromatic rings. The van der Waals surface area contributed by atoms with E-state index in [0.717, 1.165) is 17.0 Å². The van der Waals surface area contributed by atoms with E-state index in [4.69, 9.17) is 11.6 Å². The lowest BCUT2D eigenvalue weighted by Gasteiger charge is -2.12. The normalized spacial score (nSPS) is 11.8. The van der Waals surface area contributed by atoms with E-state index in [1.165, 1.54) is 11.3 Å². The first-order valence-corrected chi connectivity index (χ1v) is 8.57. The highest BCUT2D eigenvalue weighted by Crippen LogP contribution is 2.25. The Balaban J connectivity index is 2.01. The van der Waals surface area contributed by atoms with Crippen molar-refractivity contribution >= 4 is 34.8 Å². The molecule has 5 nitrogen and oxygen atoms in total. The molecule has 1 atom stereocenters. The van der Waals surface area contributed by atoms with E-state index in [0.29, 0.717) is 17.3 Å². The van der Waals surface area contributed by atoms with Crippen LogP contribution in [0, 0.1) is 0 Å². The summed E-state index contributed by atoms with van der Waals surface area (Å²) in [7, 11) is 0. The van der Waals surface area contributed by atoms with Gasteiger partial charge in [0, 0.05) is 22.5 Å². The van der Waals surface area contributed by atoms with E-state index in [1.54, 1.807) is 24.4 Å². The van der Waals surface area contributed by atoms with E-state index in [-0.39, 0.29) is 11.8 Å². The molecular weight excluding hydrogens is 334 g/mol. The lowest BCUT2D eigenvalue weighted by molar-refractivity contribution is -0.122. The van der Waals surface area contributed by atoms with Gasteiger partial charge < -0.3 is 10.6 Å². The molecule has 0 unspecified atom stereocenters. The van der Waals surface area contributed by atoms with Gasteiger partial charge in [-0.05, 0) is 25.5 Å². The SMILES string of the molecule is CCCNC(=O)[C@H](C)NC(=O)c1csc(-c2ccc(Cl)cc2)n1. The molecule has 0 fully saturated rings. The Labute approximate surface area is 144 Å². The summed E-state index contributed by atoms with van der Waals surface area (Å²) < 4.78 is 0. The topological polar surface area (TPSA) is 71.1 Å². The highest BCUT2D eigenvalue weighted by molar-refractivity contribution is 7.13. The van der Waals surface area contributed by atoms with Gasteiger partial charge in [-0.15, -0.1) is 11.3 Å². The molecular formula is C16H18ClN3O2S. The molecule has 0 saturated heterocycles. The zero-order valence-corrected chi connectivity index (χ0v) is 14.5. The maximum Gasteiger partial charge on any atom is 0.271 e. The van der Waals surface area contributed by atoms with E-state index in [1.807, 2.05) is 19.1 Å². The lowest BCUT2D eigenvalue weighted by atomic mass is 10.2. The van der Waals surface area contributed by atoms with Gasteiger partial charge in [0.2, 0.25) is 5.91 Å². The van der Waals surface area contributed by atoms with Crippen molar-refractivity contribution < 1.29 is 9.59 Å². The highest BCUT2D eigenvalue weighted by Gasteiger charge is 2.18. The number of benzene rings is 1. The zero-order valence-electron chi connectivity index (χ0n) is 12.9. The van der Waals surface area contributed by atoms with Crippen LogP contribution < -0.4 is 10.6 Å². The molecule has 1 heterocycles. The number of nitrogens with one attached hydrogen (secondary N) is 2. The number of amides is 2. The van der Waals surface area contributed by atoms with Crippen LogP contribution in [0.1, 0.15) is 30.8 Å². The van der Waals surface area contributed by atoms with Gasteiger partial charge in [0.1, 0.15) is 16.7 Å². The van der Waals surface area contributed by atoms with Crippen molar-refractivity contribution in [1.82, 2.24) is 15.6 Å². The van der Waals surface area contributed by atoms with E-state index in [9.17, 15) is 9.59 Å². The van der Waals surface area contributed by atoms with Gasteiger partial charge >= 0.3 is 0 Å². The van der Waals surface area contributed by atoms with Gasteiger partial charge in [0.15, 0.2) is 0 Å². The minimum Gasteiger partial charge on any atom is -0.354 e. The number of carbonyl (C=O) groups is 2. The van der Waals surface area contributed by atoms with Crippen LogP contribution in [0.3, 0.4) is 0 Å². The van der Waals surface area contributed by atoms with E-state index < -0.39 is 6.04 Å². The first-order chi connectivity index (χ1) is 11.0. The molecule has 1 aromatic heterocycles. The van der Waals surface area contributed by atoms with Gasteiger partial charge in [0.25, 0.3) is 5.91 Å². The Morgan fingerprint density at radius 3 is 2.65 bits per heavy atom. The summed E-state index contributed by atoms with van der Waals surface area (Å²) in [6.45, 7) is 4.21. The van der Waals surface area contributed by atoms with Crippen LogP contribution in [0.5, 0.6) is 0 Å². The third-order valence-electron chi connectivity index (χ3n) is 3.12. The molecule has 0 bridgehead atoms. The molecule has 0 radical (unpaired) electrons. The molecule has 0 aliphatic carbocycles. The second-order valence-electron chi connectivity index (χ2n) is 5.03. The summed E-state index contributed by atoms with van der Waals surface area (Å²) in [5.74, 6) is -0.561. The van der Waals surface area contributed by atoms with Crippen molar-refractivity contribution in [3.05, 3.63) is 40.4 Å². The number of hydrogen-bond donors (Lipinski definition) is 2. The molecule has 2 rings (SSSR count). The van der Waals surface area contributed by atoms with Crippen LogP contribution in [0.2, 0.25) is 5.02 Å². The molecule has 0 aliphatic rings. The minimum absolute atomic E-state index is 0.201. The summed E-state index contributed by atoms with van der Waals surface area (Å²) in [5, 5.41) is 8.45. The van der Waals surface area contributed by atoms with Gasteiger partial charge in [-0.2, -0.15) is 0 Å². The fourth-order valence-electron chi connectivity index (χ4n) is 1.84. The maximum absolute atomic E-state index is 12.2. The van der Waals surface area contributed by atoms with Gasteiger partial charge in [-0.1, -0.05) is 30.7 Å². The molecule has 122 valence electrons. The molecule has 2 N–H and O–H groups in total. The predicted molar refractivity (Wildman–Crippen MR) is 92.8 cm³/mol. The number of halogens is 1. The predicted octanol–water partition coefficient (Wildman–Crippen LogP) is 3.11. The fourth-order valence-corrected chi connectivity index (χ4v) is 2.77. The van der Waals surface area contributed by atoms with Crippen molar-refractivity contribution in [2.75, 3.05) is 6.54 Å². The minimum atomic E-state index is -0.602. The van der Waals surface area contributed by atoms with Gasteiger partial charge in [-0.25, -0.2) is 4.98 Å². The Kier molecular flexibility index (Phi) is 6.12. The molecule has 0 aliphatic heterocycles. The summed E-state index contributed by atoms with van der Waals surface area (Å²) in [4.78, 5) is 28.3. The number of thiazole rings is 1. The summed E-state index contributed by atoms with van der Waals surface area (Å²) in [6, 6.07) is 6.65. The molecule has 23 heavy (non-hydrogen) atoms. The number of rotatable bonds is 6. The first kappa shape index (κ1) is 17.4. The Morgan fingerprint density at radius 2 is 2.00 bits per heavy atom. The van der Waals surface area contributed by atoms with Crippen molar-refractivity contribution in [3.8, 4) is 10.6 Å². The second-order valence-corrected chi connectivity index (χ2v) is 6.33. The molecule has 2 amide bonds. The number of aromatic nitrogens is 1. The van der Waals surface area contributed by atoms with Crippen LogP contribution in [0.4, 0.5) is 0 Å². The van der Waals surface area contributed by atoms with Crippen molar-refractivity contribution in [1.29, 1.82) is 0 Å². The van der Waals surface area contributed by atoms with Crippen LogP contribution in [0.15, 0.2) is 29.6 Å². The molecule has 1 aromatic carbocycles. The molecule has 0 saturated carbocycles. The van der Waals surface area contributed by atoms with Crippen molar-refractivity contribution in [2.45, 2.75) is 26.3 Å². The average Bonchev–Trinajstić information content (AvgIpc) is 3.03. The molecule has 0 spiro atoms. The zero-order chi connectivity index (χ0) is 16.8. The van der Waals surface area contributed by atoms with Gasteiger partial charge in [-0.3, -0.25) is 9.59 Å². The standard InChI is InChI=1S/C16H18ClN3O2S/c1-3-8-18-14(21)10(2)19-15(22)13-9-23-16(20-13)11-4-6-12(17)7-5-11/h4-7,9-10H,3,8H2,1-2H3,(H,18,21)(H,19,22)/t10-/m0/s1. The third kappa shape index (κ3) is 4.77. The number of carbonyl (C=O) groups excluding carboxylic acids is 2. The Bertz CT molecular complexity index is 685. The second kappa shape index (κ2) is 8.08. The third-order valence-corrected chi connectivity index (χ3v) is 4.26. The van der Waals surface area contributed by atoms with Gasteiger partial charge in [0.05, 0.1) is 0 Å². The van der Waals surface area contributed by atoms with Crippen molar-refractivity contribution in [2.24, 2.45) is 0 Å². The van der Waals surface area contributed by atoms with Crippen LogP contribution in [-0.2, 0) is 4.79 Å². The van der Waals surface area contributed by atoms with E-state index in [2.05, 4.69) is 15.6 Å². The maximum atomic E-state index is 12.2. The first-order valence-electron chi connectivity index (χ1n) is 7.31. The Morgan fingerprint density at radius 1 is 1.30 bits per heavy atom. The number of nitrogens with zero attached hydrogens (tertiary/aromatic N) is 1. The number of hydrogen-bond acceptors (Lipinski definition) is 4. The summed E-state index contributed by atoms with van der Waals surface area (Å²) >= 11 is 7.23.